The monoisotopic (exact) mass is 240 g/mol. The van der Waals surface area contributed by atoms with Crippen molar-refractivity contribution >= 4 is 12.4 Å². The summed E-state index contributed by atoms with van der Waals surface area (Å²) < 4.78 is 0. The standard InChI is InChI=1S/C13H20N2.ClH/c1-11-7-12(2)9-13(8-11)10-15-5-3-14-4-6-15;/h7-9,14H,3-6,10H2,1-2H3;1H. The molecule has 1 aromatic carbocycles. The van der Waals surface area contributed by atoms with Crippen LogP contribution in [0.1, 0.15) is 16.7 Å². The van der Waals surface area contributed by atoms with Gasteiger partial charge in [0.15, 0.2) is 0 Å². The van der Waals surface area contributed by atoms with Crippen LogP contribution >= 0.6 is 12.4 Å². The molecule has 0 saturated carbocycles. The van der Waals surface area contributed by atoms with Crippen molar-refractivity contribution in [3.05, 3.63) is 34.9 Å². The van der Waals surface area contributed by atoms with Gasteiger partial charge in [-0.05, 0) is 19.4 Å². The van der Waals surface area contributed by atoms with Gasteiger partial charge in [0.1, 0.15) is 0 Å². The Hall–Kier alpha value is -0.570. The number of hydrogen-bond donors (Lipinski definition) is 1. The maximum absolute atomic E-state index is 3.38. The number of halogens is 1. The zero-order valence-electron chi connectivity index (χ0n) is 10.1. The summed E-state index contributed by atoms with van der Waals surface area (Å²) in [6.07, 6.45) is 0. The summed E-state index contributed by atoms with van der Waals surface area (Å²) in [7, 11) is 0. The van der Waals surface area contributed by atoms with Crippen LogP contribution in [0.2, 0.25) is 0 Å². The van der Waals surface area contributed by atoms with E-state index in [0.29, 0.717) is 0 Å². The largest absolute Gasteiger partial charge is 0.314 e. The molecule has 1 heterocycles. The van der Waals surface area contributed by atoms with Gasteiger partial charge in [0.2, 0.25) is 0 Å². The normalized spacial score (nSPS) is 16.9. The molecule has 90 valence electrons. The summed E-state index contributed by atoms with van der Waals surface area (Å²) in [5.74, 6) is 0. The van der Waals surface area contributed by atoms with E-state index in [0.717, 1.165) is 19.6 Å². The van der Waals surface area contributed by atoms with Crippen molar-refractivity contribution in [1.29, 1.82) is 0 Å². The van der Waals surface area contributed by atoms with Crippen LogP contribution in [0, 0.1) is 13.8 Å². The molecule has 0 spiro atoms. The Morgan fingerprint density at radius 3 is 2.19 bits per heavy atom. The van der Waals surface area contributed by atoms with E-state index in [2.05, 4.69) is 42.3 Å². The van der Waals surface area contributed by atoms with Crippen LogP contribution in [-0.2, 0) is 6.54 Å². The molecule has 0 bridgehead atoms. The Labute approximate surface area is 104 Å². The average Bonchev–Trinajstić information content (AvgIpc) is 2.17. The maximum Gasteiger partial charge on any atom is 0.0235 e. The Kier molecular flexibility index (Phi) is 5.26. The van der Waals surface area contributed by atoms with Gasteiger partial charge in [0.05, 0.1) is 0 Å². The minimum Gasteiger partial charge on any atom is -0.314 e. The molecular formula is C13H21ClN2. The highest BCUT2D eigenvalue weighted by atomic mass is 35.5. The molecule has 2 nitrogen and oxygen atoms in total. The van der Waals surface area contributed by atoms with Crippen molar-refractivity contribution in [1.82, 2.24) is 10.2 Å². The number of nitrogens with zero attached hydrogens (tertiary/aromatic N) is 1. The molecule has 3 heteroatoms. The third-order valence-electron chi connectivity index (χ3n) is 2.90. The van der Waals surface area contributed by atoms with Crippen molar-refractivity contribution in [2.24, 2.45) is 0 Å². The van der Waals surface area contributed by atoms with Crippen LogP contribution < -0.4 is 5.32 Å². The lowest BCUT2D eigenvalue weighted by Crippen LogP contribution is -2.42. The van der Waals surface area contributed by atoms with Gasteiger partial charge in [-0.15, -0.1) is 12.4 Å². The van der Waals surface area contributed by atoms with E-state index in [4.69, 9.17) is 0 Å². The van der Waals surface area contributed by atoms with Gasteiger partial charge < -0.3 is 5.32 Å². The number of aryl methyl sites for hydroxylation is 2. The highest BCUT2D eigenvalue weighted by molar-refractivity contribution is 5.85. The topological polar surface area (TPSA) is 15.3 Å². The number of rotatable bonds is 2. The Morgan fingerprint density at radius 2 is 1.62 bits per heavy atom. The molecule has 0 unspecified atom stereocenters. The van der Waals surface area contributed by atoms with Gasteiger partial charge in [-0.3, -0.25) is 4.90 Å². The Balaban J connectivity index is 0.00000128. The number of benzene rings is 1. The molecule has 1 N–H and O–H groups in total. The molecule has 0 atom stereocenters. The minimum absolute atomic E-state index is 0. The molecule has 16 heavy (non-hydrogen) atoms. The molecule has 1 aliphatic rings. The first kappa shape index (κ1) is 13.5. The molecule has 1 saturated heterocycles. The first-order valence-electron chi connectivity index (χ1n) is 5.74. The quantitative estimate of drug-likeness (QED) is 0.852. The zero-order valence-corrected chi connectivity index (χ0v) is 10.9. The predicted molar refractivity (Wildman–Crippen MR) is 71.3 cm³/mol. The Morgan fingerprint density at radius 1 is 1.06 bits per heavy atom. The molecule has 2 rings (SSSR count). The van der Waals surface area contributed by atoms with E-state index in [9.17, 15) is 0 Å². The van der Waals surface area contributed by atoms with Crippen LogP contribution in [0.5, 0.6) is 0 Å². The van der Waals surface area contributed by atoms with Crippen molar-refractivity contribution in [2.45, 2.75) is 20.4 Å². The molecule has 0 aromatic heterocycles. The van der Waals surface area contributed by atoms with Crippen LogP contribution in [0.15, 0.2) is 18.2 Å². The zero-order chi connectivity index (χ0) is 10.7. The van der Waals surface area contributed by atoms with E-state index in [-0.39, 0.29) is 12.4 Å². The average molecular weight is 241 g/mol. The van der Waals surface area contributed by atoms with Crippen LogP contribution in [0.3, 0.4) is 0 Å². The molecule has 1 fully saturated rings. The molecule has 0 radical (unpaired) electrons. The van der Waals surface area contributed by atoms with Gasteiger partial charge >= 0.3 is 0 Å². The van der Waals surface area contributed by atoms with E-state index in [1.165, 1.54) is 29.8 Å². The SMILES string of the molecule is Cc1cc(C)cc(CN2CCNCC2)c1.Cl. The van der Waals surface area contributed by atoms with Gasteiger partial charge in [0, 0.05) is 32.7 Å². The predicted octanol–water partition coefficient (Wildman–Crippen LogP) is 2.13. The molecule has 0 amide bonds. The fraction of sp³-hybridized carbons (Fsp3) is 0.538. The fourth-order valence-corrected chi connectivity index (χ4v) is 2.29. The summed E-state index contributed by atoms with van der Waals surface area (Å²) in [6, 6.07) is 6.84. The summed E-state index contributed by atoms with van der Waals surface area (Å²) >= 11 is 0. The summed E-state index contributed by atoms with van der Waals surface area (Å²) in [5.41, 5.74) is 4.20. The molecular weight excluding hydrogens is 220 g/mol. The molecule has 1 aromatic rings. The molecule has 0 aliphatic carbocycles. The van der Waals surface area contributed by atoms with Gasteiger partial charge in [0.25, 0.3) is 0 Å². The lowest BCUT2D eigenvalue weighted by molar-refractivity contribution is 0.233. The van der Waals surface area contributed by atoms with Crippen molar-refractivity contribution in [2.75, 3.05) is 26.2 Å². The van der Waals surface area contributed by atoms with Crippen molar-refractivity contribution < 1.29 is 0 Å². The molecule has 1 aliphatic heterocycles. The van der Waals surface area contributed by atoms with E-state index in [1.807, 2.05) is 0 Å². The second kappa shape index (κ2) is 6.24. The summed E-state index contributed by atoms with van der Waals surface area (Å²) in [4.78, 5) is 2.52. The third-order valence-corrected chi connectivity index (χ3v) is 2.90. The third kappa shape index (κ3) is 3.78. The maximum atomic E-state index is 3.38. The van der Waals surface area contributed by atoms with Crippen molar-refractivity contribution in [3.63, 3.8) is 0 Å². The van der Waals surface area contributed by atoms with Gasteiger partial charge in [-0.2, -0.15) is 0 Å². The van der Waals surface area contributed by atoms with E-state index in [1.54, 1.807) is 0 Å². The van der Waals surface area contributed by atoms with Crippen LogP contribution in [0.25, 0.3) is 0 Å². The highest BCUT2D eigenvalue weighted by Crippen LogP contribution is 2.11. The lowest BCUT2D eigenvalue weighted by Gasteiger charge is -2.27. The summed E-state index contributed by atoms with van der Waals surface area (Å²) in [5, 5.41) is 3.38. The number of piperazine rings is 1. The first-order chi connectivity index (χ1) is 7.24. The number of hydrogen-bond acceptors (Lipinski definition) is 2. The van der Waals surface area contributed by atoms with Crippen molar-refractivity contribution in [3.8, 4) is 0 Å². The summed E-state index contributed by atoms with van der Waals surface area (Å²) in [6.45, 7) is 10.1. The highest BCUT2D eigenvalue weighted by Gasteiger charge is 2.09. The first-order valence-corrected chi connectivity index (χ1v) is 5.74. The van der Waals surface area contributed by atoms with E-state index < -0.39 is 0 Å². The second-order valence-corrected chi connectivity index (χ2v) is 4.52. The smallest absolute Gasteiger partial charge is 0.0235 e. The van der Waals surface area contributed by atoms with Gasteiger partial charge in [-0.1, -0.05) is 29.3 Å². The second-order valence-electron chi connectivity index (χ2n) is 4.52. The van der Waals surface area contributed by atoms with Crippen LogP contribution in [0.4, 0.5) is 0 Å². The number of nitrogens with one attached hydrogen (secondary N) is 1. The van der Waals surface area contributed by atoms with E-state index >= 15 is 0 Å². The lowest BCUT2D eigenvalue weighted by atomic mass is 10.1. The fourth-order valence-electron chi connectivity index (χ4n) is 2.29. The minimum atomic E-state index is 0. The Bertz CT molecular complexity index is 312. The van der Waals surface area contributed by atoms with Gasteiger partial charge in [-0.25, -0.2) is 0 Å². The van der Waals surface area contributed by atoms with Crippen LogP contribution in [-0.4, -0.2) is 31.1 Å².